The topological polar surface area (TPSA) is 17.1 Å². The van der Waals surface area contributed by atoms with Gasteiger partial charge in [0.1, 0.15) is 6.29 Å². The Morgan fingerprint density at radius 1 is 1.50 bits per heavy atom. The van der Waals surface area contributed by atoms with Crippen molar-refractivity contribution in [2.45, 2.75) is 6.42 Å². The van der Waals surface area contributed by atoms with E-state index in [4.69, 9.17) is 0 Å². The van der Waals surface area contributed by atoms with Crippen LogP contribution in [0.4, 0.5) is 0 Å². The normalized spacial score (nSPS) is 19.0. The molecule has 0 amide bonds. The molecule has 1 radical (unpaired) electrons. The number of hydrogen-bond donors (Lipinski definition) is 0. The molecular weight excluding hydrogens is 100 g/mol. The zero-order valence-corrected chi connectivity index (χ0v) is 4.50. The van der Waals surface area contributed by atoms with Crippen molar-refractivity contribution >= 4 is 6.29 Å². The van der Waals surface area contributed by atoms with Gasteiger partial charge in [0.05, 0.1) is 5.92 Å². The number of allylic oxidation sites excluding steroid dienone is 4. The molecule has 1 rings (SSSR count). The van der Waals surface area contributed by atoms with E-state index >= 15 is 0 Å². The summed E-state index contributed by atoms with van der Waals surface area (Å²) >= 11 is 0. The molecule has 1 aliphatic carbocycles. The lowest BCUT2D eigenvalue weighted by molar-refractivity contribution is -0.106. The van der Waals surface area contributed by atoms with Gasteiger partial charge in [0.25, 0.3) is 0 Å². The molecule has 0 aromatic carbocycles. The summed E-state index contributed by atoms with van der Waals surface area (Å²) in [6.07, 6.45) is 9.27. The van der Waals surface area contributed by atoms with E-state index in [1.54, 1.807) is 0 Å². The van der Waals surface area contributed by atoms with Crippen LogP contribution in [0.15, 0.2) is 24.3 Å². The van der Waals surface area contributed by atoms with Crippen molar-refractivity contribution in [2.75, 3.05) is 0 Å². The van der Waals surface area contributed by atoms with Crippen LogP contribution in [0.3, 0.4) is 0 Å². The molecule has 1 heteroatoms. The maximum Gasteiger partial charge on any atom is 0.131 e. The molecule has 0 aliphatic heterocycles. The van der Waals surface area contributed by atoms with Gasteiger partial charge in [-0.1, -0.05) is 24.3 Å². The van der Waals surface area contributed by atoms with Gasteiger partial charge in [0.15, 0.2) is 0 Å². The average molecular weight is 107 g/mol. The maximum absolute atomic E-state index is 10.0. The molecule has 0 fully saturated rings. The van der Waals surface area contributed by atoms with E-state index in [1.807, 2.05) is 24.3 Å². The second-order valence-electron chi connectivity index (χ2n) is 1.68. The van der Waals surface area contributed by atoms with Crippen LogP contribution in [0.5, 0.6) is 0 Å². The Hall–Kier alpha value is -0.850. The summed E-state index contributed by atoms with van der Waals surface area (Å²) in [5.41, 5.74) is 0. The van der Waals surface area contributed by atoms with Gasteiger partial charge in [-0.25, -0.2) is 0 Å². The first kappa shape index (κ1) is 5.29. The van der Waals surface area contributed by atoms with Crippen LogP contribution < -0.4 is 0 Å². The minimum absolute atomic E-state index is 0.792. The third-order valence-electron chi connectivity index (χ3n) is 1.06. The zero-order chi connectivity index (χ0) is 5.82. The van der Waals surface area contributed by atoms with Gasteiger partial charge >= 0.3 is 0 Å². The fraction of sp³-hybridized carbons (Fsp3) is 0.143. The third-order valence-corrected chi connectivity index (χ3v) is 1.06. The zero-order valence-electron chi connectivity index (χ0n) is 4.50. The van der Waals surface area contributed by atoms with Crippen LogP contribution in [0, 0.1) is 5.92 Å². The Labute approximate surface area is 48.7 Å². The van der Waals surface area contributed by atoms with Crippen molar-refractivity contribution < 1.29 is 4.79 Å². The van der Waals surface area contributed by atoms with E-state index in [-0.39, 0.29) is 0 Å². The Morgan fingerprint density at radius 3 is 2.75 bits per heavy atom. The molecule has 0 unspecified atom stereocenters. The molecule has 1 aliphatic rings. The highest BCUT2D eigenvalue weighted by molar-refractivity contribution is 5.73. The Morgan fingerprint density at radius 2 is 2.38 bits per heavy atom. The van der Waals surface area contributed by atoms with E-state index in [2.05, 4.69) is 0 Å². The molecule has 41 valence electrons. The van der Waals surface area contributed by atoms with Crippen molar-refractivity contribution in [2.24, 2.45) is 0 Å². The van der Waals surface area contributed by atoms with Crippen molar-refractivity contribution in [1.29, 1.82) is 0 Å². The number of hydrogen-bond acceptors (Lipinski definition) is 1. The number of carbonyl (C=O) groups is 1. The van der Waals surface area contributed by atoms with Crippen LogP contribution in [0.1, 0.15) is 6.42 Å². The van der Waals surface area contributed by atoms with Crippen molar-refractivity contribution in [3.05, 3.63) is 30.2 Å². The molecule has 0 saturated carbocycles. The van der Waals surface area contributed by atoms with Gasteiger partial charge in [0.2, 0.25) is 0 Å². The van der Waals surface area contributed by atoms with E-state index in [0.717, 1.165) is 18.6 Å². The predicted octanol–water partition coefficient (Wildman–Crippen LogP) is 1.28. The highest BCUT2D eigenvalue weighted by Crippen LogP contribution is 2.09. The molecule has 0 aromatic rings. The van der Waals surface area contributed by atoms with Crippen molar-refractivity contribution in [3.8, 4) is 0 Å². The Kier molecular flexibility index (Phi) is 1.62. The number of carbonyl (C=O) groups excluding carboxylic acids is 1. The Bertz CT molecular complexity index is 133. The van der Waals surface area contributed by atoms with E-state index < -0.39 is 0 Å². The number of aldehydes is 1. The lowest BCUT2D eigenvalue weighted by Gasteiger charge is -2.00. The van der Waals surface area contributed by atoms with Gasteiger partial charge in [-0.15, -0.1) is 0 Å². The van der Waals surface area contributed by atoms with Gasteiger partial charge in [-0.05, 0) is 6.42 Å². The van der Waals surface area contributed by atoms with Gasteiger partial charge < -0.3 is 4.79 Å². The van der Waals surface area contributed by atoms with E-state index in [1.165, 1.54) is 0 Å². The average Bonchev–Trinajstić information content (AvgIpc) is 1.90. The molecule has 0 heterocycles. The molecule has 0 spiro atoms. The highest BCUT2D eigenvalue weighted by Gasteiger charge is 2.01. The molecule has 0 aromatic heterocycles. The van der Waals surface area contributed by atoms with Crippen LogP contribution in [-0.2, 0) is 4.79 Å². The first-order valence-corrected chi connectivity index (χ1v) is 2.57. The molecule has 0 bridgehead atoms. The van der Waals surface area contributed by atoms with E-state index in [0.29, 0.717) is 0 Å². The molecule has 0 saturated heterocycles. The second-order valence-corrected chi connectivity index (χ2v) is 1.68. The van der Waals surface area contributed by atoms with Crippen LogP contribution in [0.25, 0.3) is 0 Å². The summed E-state index contributed by atoms with van der Waals surface area (Å²) in [6, 6.07) is 0. The van der Waals surface area contributed by atoms with Gasteiger partial charge in [-0.2, -0.15) is 0 Å². The smallest absolute Gasteiger partial charge is 0.131 e. The third kappa shape index (κ3) is 1.06. The lowest BCUT2D eigenvalue weighted by atomic mass is 10.0. The fourth-order valence-corrected chi connectivity index (χ4v) is 0.617. The quantitative estimate of drug-likeness (QED) is 0.461. The molecule has 1 nitrogen and oxygen atoms in total. The Balaban J connectivity index is 2.51. The number of rotatable bonds is 1. The fourth-order valence-electron chi connectivity index (χ4n) is 0.617. The lowest BCUT2D eigenvalue weighted by Crippen LogP contribution is -1.93. The minimum Gasteiger partial charge on any atom is -0.302 e. The summed E-state index contributed by atoms with van der Waals surface area (Å²) in [7, 11) is 0. The predicted molar refractivity (Wildman–Crippen MR) is 32.2 cm³/mol. The van der Waals surface area contributed by atoms with Gasteiger partial charge in [0, 0.05) is 0 Å². The van der Waals surface area contributed by atoms with Crippen LogP contribution in [0.2, 0.25) is 0 Å². The highest BCUT2D eigenvalue weighted by atomic mass is 16.1. The van der Waals surface area contributed by atoms with Crippen molar-refractivity contribution in [1.82, 2.24) is 0 Å². The van der Waals surface area contributed by atoms with E-state index in [9.17, 15) is 4.79 Å². The molecule has 0 N–H and O–H groups in total. The summed E-state index contributed by atoms with van der Waals surface area (Å²) in [6.45, 7) is 0. The van der Waals surface area contributed by atoms with Crippen LogP contribution >= 0.6 is 0 Å². The monoisotopic (exact) mass is 107 g/mol. The van der Waals surface area contributed by atoms with Crippen molar-refractivity contribution in [3.63, 3.8) is 0 Å². The minimum atomic E-state index is 0.792. The van der Waals surface area contributed by atoms with Crippen LogP contribution in [-0.4, -0.2) is 6.29 Å². The SMILES string of the molecule is O=C[C]1C=CC=CC1. The molecule has 0 atom stereocenters. The standard InChI is InChI=1S/C7H7O/c8-6-7-4-2-1-3-5-7/h1-4,6H,5H2. The first-order chi connectivity index (χ1) is 3.93. The molecule has 8 heavy (non-hydrogen) atoms. The first-order valence-electron chi connectivity index (χ1n) is 2.57. The molecular formula is C7H7O. The largest absolute Gasteiger partial charge is 0.302 e. The summed E-state index contributed by atoms with van der Waals surface area (Å²) in [5.74, 6) is 0.854. The second kappa shape index (κ2) is 2.46. The summed E-state index contributed by atoms with van der Waals surface area (Å²) in [5, 5.41) is 0. The summed E-state index contributed by atoms with van der Waals surface area (Å²) in [4.78, 5) is 10.0. The maximum atomic E-state index is 10.0. The van der Waals surface area contributed by atoms with Gasteiger partial charge in [-0.3, -0.25) is 0 Å². The summed E-state index contributed by atoms with van der Waals surface area (Å²) < 4.78 is 0.